The van der Waals surface area contributed by atoms with Gasteiger partial charge in [-0.1, -0.05) is 18.2 Å². The summed E-state index contributed by atoms with van der Waals surface area (Å²) in [6.45, 7) is 1.18. The lowest BCUT2D eigenvalue weighted by molar-refractivity contribution is -0.141. The lowest BCUT2D eigenvalue weighted by atomic mass is 9.85. The standard InChI is InChI=1S/C25H31N3O5S/c29-23(11-12-28-24(30)21-7-3-4-8-22(21)25(28)31)26-13-15-27(16-14-26)34(32,33)20-10-9-18-5-1-2-6-19(18)17-20/h3-4,9-10,17,21-22H,1-2,5-8,11-16H2/t21-,22-/m0/s1. The number of imide groups is 1. The van der Waals surface area contributed by atoms with Crippen LogP contribution >= 0.6 is 0 Å². The Kier molecular flexibility index (Phi) is 6.33. The molecule has 0 N–H and O–H groups in total. The molecule has 2 saturated heterocycles. The van der Waals surface area contributed by atoms with Crippen molar-refractivity contribution in [3.63, 3.8) is 0 Å². The number of carbonyl (C=O) groups is 3. The van der Waals surface area contributed by atoms with Gasteiger partial charge in [-0.05, 0) is 61.8 Å². The predicted octanol–water partition coefficient (Wildman–Crippen LogP) is 1.74. The Balaban J connectivity index is 1.16. The maximum atomic E-state index is 13.2. The number of hydrogen-bond donors (Lipinski definition) is 0. The number of rotatable bonds is 5. The van der Waals surface area contributed by atoms with Gasteiger partial charge in [-0.3, -0.25) is 19.3 Å². The number of nitrogens with zero attached hydrogens (tertiary/aromatic N) is 3. The van der Waals surface area contributed by atoms with Gasteiger partial charge in [0.2, 0.25) is 27.7 Å². The zero-order valence-electron chi connectivity index (χ0n) is 19.3. The van der Waals surface area contributed by atoms with Crippen molar-refractivity contribution in [3.05, 3.63) is 41.5 Å². The van der Waals surface area contributed by atoms with Crippen LogP contribution in [0.3, 0.4) is 0 Å². The minimum absolute atomic E-state index is 0.0713. The lowest BCUT2D eigenvalue weighted by Gasteiger charge is -2.34. The van der Waals surface area contributed by atoms with Crippen LogP contribution < -0.4 is 0 Å². The minimum Gasteiger partial charge on any atom is -0.340 e. The molecule has 0 saturated carbocycles. The van der Waals surface area contributed by atoms with Gasteiger partial charge in [0, 0.05) is 39.1 Å². The van der Waals surface area contributed by atoms with E-state index in [9.17, 15) is 22.8 Å². The Labute approximate surface area is 200 Å². The van der Waals surface area contributed by atoms with Crippen molar-refractivity contribution in [3.8, 4) is 0 Å². The maximum Gasteiger partial charge on any atom is 0.243 e. The van der Waals surface area contributed by atoms with Crippen LogP contribution in [0, 0.1) is 11.8 Å². The number of piperazine rings is 1. The summed E-state index contributed by atoms with van der Waals surface area (Å²) < 4.78 is 27.8. The van der Waals surface area contributed by atoms with Gasteiger partial charge in [0.05, 0.1) is 16.7 Å². The largest absolute Gasteiger partial charge is 0.340 e. The normalized spacial score (nSPS) is 25.4. The van der Waals surface area contributed by atoms with Crippen LogP contribution in [0.1, 0.15) is 43.2 Å². The van der Waals surface area contributed by atoms with Gasteiger partial charge in [-0.15, -0.1) is 0 Å². The molecule has 1 aromatic rings. The highest BCUT2D eigenvalue weighted by Gasteiger charge is 2.47. The lowest BCUT2D eigenvalue weighted by Crippen LogP contribution is -2.51. The van der Waals surface area contributed by atoms with E-state index >= 15 is 0 Å². The highest BCUT2D eigenvalue weighted by molar-refractivity contribution is 7.89. The first-order chi connectivity index (χ1) is 16.4. The van der Waals surface area contributed by atoms with Crippen LogP contribution in [0.5, 0.6) is 0 Å². The molecule has 2 aliphatic carbocycles. The molecule has 0 aromatic heterocycles. The van der Waals surface area contributed by atoms with Crippen molar-refractivity contribution in [1.82, 2.24) is 14.1 Å². The molecule has 0 radical (unpaired) electrons. The van der Waals surface area contributed by atoms with Crippen molar-refractivity contribution >= 4 is 27.7 Å². The molecule has 2 aliphatic heterocycles. The predicted molar refractivity (Wildman–Crippen MR) is 125 cm³/mol. The van der Waals surface area contributed by atoms with E-state index < -0.39 is 10.0 Å². The number of aryl methyl sites for hydroxylation is 2. The smallest absolute Gasteiger partial charge is 0.243 e. The van der Waals surface area contributed by atoms with Crippen LogP contribution in [0.15, 0.2) is 35.2 Å². The van der Waals surface area contributed by atoms with Crippen molar-refractivity contribution in [2.75, 3.05) is 32.7 Å². The maximum absolute atomic E-state index is 13.2. The third kappa shape index (κ3) is 4.20. The van der Waals surface area contributed by atoms with E-state index in [1.807, 2.05) is 24.3 Å². The quantitative estimate of drug-likeness (QED) is 0.468. The molecule has 4 aliphatic rings. The Morgan fingerprint density at radius 2 is 1.50 bits per heavy atom. The summed E-state index contributed by atoms with van der Waals surface area (Å²) in [5.74, 6) is -1.07. The Bertz CT molecular complexity index is 1110. The van der Waals surface area contributed by atoms with Gasteiger partial charge < -0.3 is 4.90 Å². The molecule has 1 aromatic carbocycles. The van der Waals surface area contributed by atoms with Crippen LogP contribution in [0.2, 0.25) is 0 Å². The molecule has 0 spiro atoms. The fraction of sp³-hybridized carbons (Fsp3) is 0.560. The topological polar surface area (TPSA) is 95.1 Å². The number of benzene rings is 1. The van der Waals surface area contributed by atoms with Crippen molar-refractivity contribution in [1.29, 1.82) is 0 Å². The number of amides is 3. The zero-order valence-corrected chi connectivity index (χ0v) is 20.1. The molecule has 0 bridgehead atoms. The highest BCUT2D eigenvalue weighted by atomic mass is 32.2. The molecule has 34 heavy (non-hydrogen) atoms. The van der Waals surface area contributed by atoms with Crippen LogP contribution in [-0.2, 0) is 37.2 Å². The number of sulfonamides is 1. The van der Waals surface area contributed by atoms with E-state index in [4.69, 9.17) is 0 Å². The summed E-state index contributed by atoms with van der Waals surface area (Å²) >= 11 is 0. The van der Waals surface area contributed by atoms with Gasteiger partial charge in [0.25, 0.3) is 0 Å². The summed E-state index contributed by atoms with van der Waals surface area (Å²) in [6, 6.07) is 5.46. The number of allylic oxidation sites excluding steroid dienone is 2. The van der Waals surface area contributed by atoms with Gasteiger partial charge in [0.1, 0.15) is 0 Å². The average molecular weight is 486 g/mol. The molecule has 5 rings (SSSR count). The fourth-order valence-corrected chi connectivity index (χ4v) is 7.13. The SMILES string of the molecule is O=C(CCN1C(=O)[C@H]2CC=CC[C@@H]2C1=O)N1CCN(S(=O)(=O)c2ccc3c(c2)CCCC3)CC1. The highest BCUT2D eigenvalue weighted by Crippen LogP contribution is 2.35. The summed E-state index contributed by atoms with van der Waals surface area (Å²) in [4.78, 5) is 41.2. The van der Waals surface area contributed by atoms with Gasteiger partial charge in [0.15, 0.2) is 0 Å². The molecular formula is C25H31N3O5S. The third-order valence-electron chi connectivity index (χ3n) is 7.70. The molecule has 9 heteroatoms. The molecule has 2 atom stereocenters. The molecule has 8 nitrogen and oxygen atoms in total. The summed E-state index contributed by atoms with van der Waals surface area (Å²) in [5, 5.41) is 0. The van der Waals surface area contributed by atoms with Crippen LogP contribution in [0.25, 0.3) is 0 Å². The summed E-state index contributed by atoms with van der Waals surface area (Å²) in [6.07, 6.45) is 9.28. The number of carbonyl (C=O) groups excluding carboxylic acids is 3. The molecule has 0 unspecified atom stereocenters. The second kappa shape index (κ2) is 9.26. The van der Waals surface area contributed by atoms with E-state index in [0.717, 1.165) is 31.2 Å². The third-order valence-corrected chi connectivity index (χ3v) is 9.59. The molecule has 182 valence electrons. The fourth-order valence-electron chi connectivity index (χ4n) is 5.65. The number of hydrogen-bond acceptors (Lipinski definition) is 5. The second-order valence-electron chi connectivity index (χ2n) is 9.66. The molecule has 2 heterocycles. The molecule has 3 amide bonds. The Morgan fingerprint density at radius 1 is 0.882 bits per heavy atom. The minimum atomic E-state index is -3.60. The molecular weight excluding hydrogens is 454 g/mol. The second-order valence-corrected chi connectivity index (χ2v) is 11.6. The summed E-state index contributed by atoms with van der Waals surface area (Å²) in [7, 11) is -3.60. The average Bonchev–Trinajstić information content (AvgIpc) is 3.11. The van der Waals surface area contributed by atoms with E-state index in [2.05, 4.69) is 0 Å². The van der Waals surface area contributed by atoms with Crippen LogP contribution in [0.4, 0.5) is 0 Å². The monoisotopic (exact) mass is 485 g/mol. The van der Waals surface area contributed by atoms with Gasteiger partial charge in [-0.2, -0.15) is 4.31 Å². The van der Waals surface area contributed by atoms with Gasteiger partial charge >= 0.3 is 0 Å². The van der Waals surface area contributed by atoms with E-state index in [-0.39, 0.29) is 55.6 Å². The first-order valence-corrected chi connectivity index (χ1v) is 13.7. The van der Waals surface area contributed by atoms with Crippen molar-refractivity contribution < 1.29 is 22.8 Å². The number of fused-ring (bicyclic) bond motifs is 2. The zero-order chi connectivity index (χ0) is 23.9. The first-order valence-electron chi connectivity index (χ1n) is 12.3. The van der Waals surface area contributed by atoms with Gasteiger partial charge in [-0.25, -0.2) is 8.42 Å². The van der Waals surface area contributed by atoms with E-state index in [1.54, 1.807) is 11.0 Å². The molecule has 2 fully saturated rings. The van der Waals surface area contributed by atoms with Crippen molar-refractivity contribution in [2.24, 2.45) is 11.8 Å². The first kappa shape index (κ1) is 23.2. The Hall–Kier alpha value is -2.52. The van der Waals surface area contributed by atoms with Crippen molar-refractivity contribution in [2.45, 2.75) is 49.8 Å². The van der Waals surface area contributed by atoms with E-state index in [0.29, 0.717) is 30.8 Å². The van der Waals surface area contributed by atoms with E-state index in [1.165, 1.54) is 14.8 Å². The summed E-state index contributed by atoms with van der Waals surface area (Å²) in [5.41, 5.74) is 2.37. The number of likely N-dealkylation sites (tertiary alicyclic amines) is 1. The Morgan fingerprint density at radius 3 is 2.15 bits per heavy atom. The van der Waals surface area contributed by atoms with Crippen LogP contribution in [-0.4, -0.2) is 73.0 Å².